The van der Waals surface area contributed by atoms with E-state index in [1.54, 1.807) is 0 Å². The molecule has 1 aliphatic heterocycles. The Balaban J connectivity index is 2.06. The molecule has 1 amide bonds. The molecule has 0 aromatic heterocycles. The van der Waals surface area contributed by atoms with Crippen molar-refractivity contribution >= 4 is 27.5 Å². The number of halogens is 1. The fourth-order valence-corrected chi connectivity index (χ4v) is 3.03. The van der Waals surface area contributed by atoms with Crippen LogP contribution < -0.4 is 5.32 Å². The summed E-state index contributed by atoms with van der Waals surface area (Å²) in [6.07, 6.45) is 0.388. The van der Waals surface area contributed by atoms with Gasteiger partial charge in [-0.1, -0.05) is 46.3 Å². The molecule has 1 heterocycles. The van der Waals surface area contributed by atoms with Crippen molar-refractivity contribution in [2.75, 3.05) is 5.32 Å². The second-order valence-electron chi connectivity index (χ2n) is 6.91. The smallest absolute Gasteiger partial charge is 0.265 e. The van der Waals surface area contributed by atoms with Crippen LogP contribution in [0.4, 0.5) is 5.69 Å². The van der Waals surface area contributed by atoms with Gasteiger partial charge in [0.05, 0.1) is 5.60 Å². The minimum absolute atomic E-state index is 0.219. The van der Waals surface area contributed by atoms with E-state index in [0.29, 0.717) is 6.42 Å². The van der Waals surface area contributed by atoms with E-state index in [1.807, 2.05) is 69.3 Å². The minimum Gasteiger partial charge on any atom is -0.323 e. The molecule has 1 atom stereocenters. The summed E-state index contributed by atoms with van der Waals surface area (Å²) in [6, 6.07) is 15.5. The molecule has 5 heteroatoms. The van der Waals surface area contributed by atoms with Crippen LogP contribution >= 0.6 is 15.9 Å². The van der Waals surface area contributed by atoms with Crippen molar-refractivity contribution in [3.63, 3.8) is 0 Å². The molecule has 126 valence electrons. The predicted molar refractivity (Wildman–Crippen MR) is 96.5 cm³/mol. The van der Waals surface area contributed by atoms with E-state index in [2.05, 4.69) is 21.2 Å². The molecule has 4 nitrogen and oxygen atoms in total. The number of hydrogen-bond acceptors (Lipinski definition) is 3. The molecular formula is C19H20BrNO3. The molecule has 1 aliphatic rings. The van der Waals surface area contributed by atoms with Gasteiger partial charge in [0, 0.05) is 22.1 Å². The van der Waals surface area contributed by atoms with E-state index in [4.69, 9.17) is 9.78 Å². The summed E-state index contributed by atoms with van der Waals surface area (Å²) < 4.78 is 0.884. The van der Waals surface area contributed by atoms with Crippen LogP contribution in [-0.2, 0) is 26.6 Å². The molecule has 2 aromatic carbocycles. The van der Waals surface area contributed by atoms with E-state index >= 15 is 0 Å². The SMILES string of the molecule is CC(C)(C)OOC1(Cc2ccccc2)C(=O)Nc2ccc(Br)cc21. The number of benzene rings is 2. The van der Waals surface area contributed by atoms with Crippen molar-refractivity contribution in [1.29, 1.82) is 0 Å². The lowest BCUT2D eigenvalue weighted by Gasteiger charge is -2.30. The van der Waals surface area contributed by atoms with Crippen molar-refractivity contribution in [3.05, 3.63) is 64.1 Å². The van der Waals surface area contributed by atoms with Gasteiger partial charge in [-0.25, -0.2) is 9.78 Å². The number of rotatable bonds is 4. The lowest BCUT2D eigenvalue weighted by molar-refractivity contribution is -0.396. The van der Waals surface area contributed by atoms with Crippen molar-refractivity contribution in [2.45, 2.75) is 38.4 Å². The number of nitrogens with one attached hydrogen (secondary N) is 1. The monoisotopic (exact) mass is 389 g/mol. The van der Waals surface area contributed by atoms with Crippen LogP contribution in [0.1, 0.15) is 31.9 Å². The summed E-state index contributed by atoms with van der Waals surface area (Å²) >= 11 is 3.48. The van der Waals surface area contributed by atoms with Gasteiger partial charge >= 0.3 is 0 Å². The third-order valence-corrected chi connectivity index (χ3v) is 4.25. The summed E-state index contributed by atoms with van der Waals surface area (Å²) in [5.41, 5.74) is 0.775. The molecule has 0 spiro atoms. The highest BCUT2D eigenvalue weighted by molar-refractivity contribution is 9.10. The Morgan fingerprint density at radius 3 is 2.50 bits per heavy atom. The predicted octanol–water partition coefficient (Wildman–Crippen LogP) is 4.59. The lowest BCUT2D eigenvalue weighted by Crippen LogP contribution is -2.41. The fraction of sp³-hybridized carbons (Fsp3) is 0.316. The molecule has 1 N–H and O–H groups in total. The van der Waals surface area contributed by atoms with Crippen LogP contribution in [0.3, 0.4) is 0 Å². The zero-order valence-electron chi connectivity index (χ0n) is 13.9. The normalized spacial score (nSPS) is 19.9. The van der Waals surface area contributed by atoms with Crippen molar-refractivity contribution in [1.82, 2.24) is 0 Å². The highest BCUT2D eigenvalue weighted by Gasteiger charge is 2.50. The van der Waals surface area contributed by atoms with Crippen LogP contribution in [0.2, 0.25) is 0 Å². The second-order valence-corrected chi connectivity index (χ2v) is 7.83. The maximum absolute atomic E-state index is 12.9. The third kappa shape index (κ3) is 3.38. The first-order valence-corrected chi connectivity index (χ1v) is 8.62. The van der Waals surface area contributed by atoms with Gasteiger partial charge < -0.3 is 5.32 Å². The molecule has 0 bridgehead atoms. The number of carbonyl (C=O) groups excluding carboxylic acids is 1. The molecule has 3 rings (SSSR count). The molecule has 0 aliphatic carbocycles. The van der Waals surface area contributed by atoms with Crippen molar-refractivity contribution in [3.8, 4) is 0 Å². The van der Waals surface area contributed by atoms with E-state index in [-0.39, 0.29) is 5.91 Å². The summed E-state index contributed by atoms with van der Waals surface area (Å²) in [4.78, 5) is 24.3. The van der Waals surface area contributed by atoms with Gasteiger partial charge in [-0.05, 0) is 44.5 Å². The Kier molecular flexibility index (Phi) is 4.51. The van der Waals surface area contributed by atoms with Gasteiger partial charge in [0.15, 0.2) is 0 Å². The molecular weight excluding hydrogens is 370 g/mol. The molecule has 0 radical (unpaired) electrons. The first-order valence-electron chi connectivity index (χ1n) is 7.82. The molecule has 0 saturated heterocycles. The second kappa shape index (κ2) is 6.31. The van der Waals surface area contributed by atoms with Gasteiger partial charge in [0.25, 0.3) is 5.91 Å². The average Bonchev–Trinajstić information content (AvgIpc) is 2.78. The first-order chi connectivity index (χ1) is 11.3. The quantitative estimate of drug-likeness (QED) is 0.614. The first kappa shape index (κ1) is 17.1. The van der Waals surface area contributed by atoms with Gasteiger partial charge in [0.1, 0.15) is 0 Å². The zero-order valence-corrected chi connectivity index (χ0v) is 15.5. The number of anilines is 1. The summed E-state index contributed by atoms with van der Waals surface area (Å²) in [5, 5.41) is 2.91. The average molecular weight is 390 g/mol. The Morgan fingerprint density at radius 1 is 1.12 bits per heavy atom. The van der Waals surface area contributed by atoms with E-state index in [0.717, 1.165) is 21.3 Å². The number of carbonyl (C=O) groups is 1. The number of fused-ring (bicyclic) bond motifs is 1. The van der Waals surface area contributed by atoms with Crippen LogP contribution in [0, 0.1) is 0 Å². The number of amides is 1. The maximum atomic E-state index is 12.9. The standard InChI is InChI=1S/C19H20BrNO3/c1-18(2,3)23-24-19(12-13-7-5-4-6-8-13)15-11-14(20)9-10-16(15)21-17(19)22/h4-11H,12H2,1-3H3,(H,21,22). The van der Waals surface area contributed by atoms with Crippen LogP contribution in [0.5, 0.6) is 0 Å². The third-order valence-electron chi connectivity index (χ3n) is 3.76. The van der Waals surface area contributed by atoms with E-state index < -0.39 is 11.2 Å². The van der Waals surface area contributed by atoms with E-state index in [9.17, 15) is 4.79 Å². The molecule has 1 unspecified atom stereocenters. The summed E-state index contributed by atoms with van der Waals surface area (Å²) in [6.45, 7) is 5.66. The zero-order chi connectivity index (χ0) is 17.4. The Labute approximate surface area is 150 Å². The fourth-order valence-electron chi connectivity index (χ4n) is 2.67. The Bertz CT molecular complexity index is 755. The molecule has 24 heavy (non-hydrogen) atoms. The highest BCUT2D eigenvalue weighted by Crippen LogP contribution is 2.43. The summed E-state index contributed by atoms with van der Waals surface area (Å²) in [7, 11) is 0. The number of hydrogen-bond donors (Lipinski definition) is 1. The Morgan fingerprint density at radius 2 is 1.83 bits per heavy atom. The topological polar surface area (TPSA) is 47.6 Å². The van der Waals surface area contributed by atoms with Gasteiger partial charge in [-0.15, -0.1) is 0 Å². The van der Waals surface area contributed by atoms with E-state index in [1.165, 1.54) is 0 Å². The molecule has 2 aromatic rings. The van der Waals surface area contributed by atoms with Crippen LogP contribution in [0.25, 0.3) is 0 Å². The molecule has 0 fully saturated rings. The maximum Gasteiger partial charge on any atom is 0.265 e. The van der Waals surface area contributed by atoms with Gasteiger partial charge in [-0.2, -0.15) is 0 Å². The summed E-state index contributed by atoms with van der Waals surface area (Å²) in [5.74, 6) is -0.219. The highest BCUT2D eigenvalue weighted by atomic mass is 79.9. The van der Waals surface area contributed by atoms with Crippen LogP contribution in [-0.4, -0.2) is 11.5 Å². The van der Waals surface area contributed by atoms with Gasteiger partial charge in [-0.3, -0.25) is 4.79 Å². The van der Waals surface area contributed by atoms with Crippen LogP contribution in [0.15, 0.2) is 53.0 Å². The van der Waals surface area contributed by atoms with Gasteiger partial charge in [0.2, 0.25) is 5.60 Å². The minimum atomic E-state index is -1.21. The Hall–Kier alpha value is -1.69. The van der Waals surface area contributed by atoms with Crippen molar-refractivity contribution < 1.29 is 14.6 Å². The lowest BCUT2D eigenvalue weighted by atomic mass is 9.88. The largest absolute Gasteiger partial charge is 0.323 e. The van der Waals surface area contributed by atoms with Crippen molar-refractivity contribution in [2.24, 2.45) is 0 Å². The molecule has 0 saturated carbocycles.